The number of aryl methyl sites for hydroxylation is 1. The SMILES string of the molecule is CCNC(=O)[C@@H](Cc1ccccc1)N(Cc1ccc(Cl)cc1)C(=O)CN(c1ccc(OC)cc1)S(=O)(=O)c1ccc(C)c([N+](=O)[O-])c1. The van der Waals surface area contributed by atoms with E-state index in [2.05, 4.69) is 5.32 Å². The number of carbonyl (C=O) groups excluding carboxylic acids is 2. The third-order valence-corrected chi connectivity index (χ3v) is 9.51. The van der Waals surface area contributed by atoms with Gasteiger partial charge in [0.05, 0.1) is 22.6 Å². The summed E-state index contributed by atoms with van der Waals surface area (Å²) in [6.07, 6.45) is 0.158. The predicted molar refractivity (Wildman–Crippen MR) is 180 cm³/mol. The van der Waals surface area contributed by atoms with Crippen LogP contribution in [-0.2, 0) is 32.6 Å². The highest BCUT2D eigenvalue weighted by Crippen LogP contribution is 2.30. The molecule has 0 bridgehead atoms. The van der Waals surface area contributed by atoms with Gasteiger partial charge in [-0.2, -0.15) is 0 Å². The van der Waals surface area contributed by atoms with Crippen molar-refractivity contribution in [1.82, 2.24) is 10.2 Å². The molecule has 0 aliphatic heterocycles. The van der Waals surface area contributed by atoms with Gasteiger partial charge in [-0.25, -0.2) is 8.42 Å². The standard InChI is InChI=1S/C34H35ClN4O7S/c1-4-36-34(41)32(20-25-8-6-5-7-9-25)37(22-26-11-13-27(35)14-12-26)33(40)23-38(28-15-17-29(46-3)18-16-28)47(44,45)30-19-10-24(2)31(21-30)39(42)43/h5-19,21,32H,4,20,22-23H2,1-3H3,(H,36,41)/t32-/m1/s1. The molecule has 47 heavy (non-hydrogen) atoms. The molecule has 11 nitrogen and oxygen atoms in total. The number of anilines is 1. The molecule has 1 atom stereocenters. The number of likely N-dealkylation sites (N-methyl/N-ethyl adjacent to an activating group) is 1. The number of methoxy groups -OCH3 is 1. The van der Waals surface area contributed by atoms with Gasteiger partial charge in [0.15, 0.2) is 0 Å². The van der Waals surface area contributed by atoms with Gasteiger partial charge in [-0.15, -0.1) is 0 Å². The number of nitrogens with zero attached hydrogens (tertiary/aromatic N) is 3. The Labute approximate surface area is 278 Å². The van der Waals surface area contributed by atoms with E-state index in [1.807, 2.05) is 30.3 Å². The Morgan fingerprint density at radius 2 is 1.62 bits per heavy atom. The summed E-state index contributed by atoms with van der Waals surface area (Å²) in [5, 5.41) is 15.0. The summed E-state index contributed by atoms with van der Waals surface area (Å²) in [4.78, 5) is 40.0. The van der Waals surface area contributed by atoms with Crippen LogP contribution in [0.3, 0.4) is 0 Å². The second-order valence-electron chi connectivity index (χ2n) is 10.7. The molecule has 0 aromatic heterocycles. The fourth-order valence-corrected chi connectivity index (χ4v) is 6.54. The van der Waals surface area contributed by atoms with Crippen molar-refractivity contribution in [1.29, 1.82) is 0 Å². The molecule has 0 aliphatic carbocycles. The van der Waals surface area contributed by atoms with Crippen molar-refractivity contribution in [3.8, 4) is 5.75 Å². The molecule has 0 fully saturated rings. The van der Waals surface area contributed by atoms with Gasteiger partial charge in [0.25, 0.3) is 15.7 Å². The fourth-order valence-electron chi connectivity index (χ4n) is 4.98. The smallest absolute Gasteiger partial charge is 0.273 e. The number of amides is 2. The Kier molecular flexibility index (Phi) is 11.6. The number of benzene rings is 4. The first-order chi connectivity index (χ1) is 22.4. The lowest BCUT2D eigenvalue weighted by molar-refractivity contribution is -0.385. The maximum absolute atomic E-state index is 14.4. The number of halogens is 1. The minimum absolute atomic E-state index is 0.0306. The molecule has 4 rings (SSSR count). The quantitative estimate of drug-likeness (QED) is 0.137. The average Bonchev–Trinajstić information content (AvgIpc) is 3.06. The van der Waals surface area contributed by atoms with E-state index in [-0.39, 0.29) is 34.8 Å². The highest BCUT2D eigenvalue weighted by molar-refractivity contribution is 7.92. The van der Waals surface area contributed by atoms with Crippen molar-refractivity contribution < 1.29 is 27.7 Å². The van der Waals surface area contributed by atoms with Crippen LogP contribution < -0.4 is 14.4 Å². The fraction of sp³-hybridized carbons (Fsp3) is 0.235. The van der Waals surface area contributed by atoms with Gasteiger partial charge in [-0.1, -0.05) is 60.1 Å². The van der Waals surface area contributed by atoms with Gasteiger partial charge in [0.2, 0.25) is 11.8 Å². The molecule has 2 amide bonds. The summed E-state index contributed by atoms with van der Waals surface area (Å²) in [5.74, 6) is -0.633. The molecule has 4 aromatic carbocycles. The molecule has 0 spiro atoms. The molecule has 13 heteroatoms. The van der Waals surface area contributed by atoms with E-state index in [0.717, 1.165) is 15.9 Å². The zero-order chi connectivity index (χ0) is 34.1. The lowest BCUT2D eigenvalue weighted by Crippen LogP contribution is -2.53. The van der Waals surface area contributed by atoms with Crippen molar-refractivity contribution >= 4 is 44.8 Å². The Balaban J connectivity index is 1.83. The molecule has 0 saturated carbocycles. The molecule has 246 valence electrons. The third-order valence-electron chi connectivity index (χ3n) is 7.49. The monoisotopic (exact) mass is 678 g/mol. The number of rotatable bonds is 14. The van der Waals surface area contributed by atoms with Crippen LogP contribution in [0.5, 0.6) is 5.75 Å². The van der Waals surface area contributed by atoms with Crippen LogP contribution in [0, 0.1) is 17.0 Å². The molecule has 1 N–H and O–H groups in total. The Bertz CT molecular complexity index is 1820. The van der Waals surface area contributed by atoms with E-state index < -0.39 is 39.3 Å². The largest absolute Gasteiger partial charge is 0.497 e. The van der Waals surface area contributed by atoms with E-state index in [4.69, 9.17) is 16.3 Å². The van der Waals surface area contributed by atoms with Gasteiger partial charge in [-0.05, 0) is 67.4 Å². The average molecular weight is 679 g/mol. The predicted octanol–water partition coefficient (Wildman–Crippen LogP) is 5.54. The lowest BCUT2D eigenvalue weighted by atomic mass is 10.0. The second kappa shape index (κ2) is 15.6. The van der Waals surface area contributed by atoms with E-state index in [1.54, 1.807) is 31.2 Å². The van der Waals surface area contributed by atoms with Crippen LogP contribution in [0.1, 0.15) is 23.6 Å². The van der Waals surface area contributed by atoms with E-state index in [0.29, 0.717) is 22.9 Å². The molecule has 0 radical (unpaired) electrons. The van der Waals surface area contributed by atoms with Crippen molar-refractivity contribution in [2.45, 2.75) is 37.8 Å². The Hall–Kier alpha value is -4.94. The Morgan fingerprint density at radius 3 is 2.21 bits per heavy atom. The van der Waals surface area contributed by atoms with Crippen LogP contribution in [-0.4, -0.2) is 56.3 Å². The van der Waals surface area contributed by atoms with Crippen LogP contribution in [0.2, 0.25) is 5.02 Å². The van der Waals surface area contributed by atoms with Gasteiger partial charge < -0.3 is 15.0 Å². The summed E-state index contributed by atoms with van der Waals surface area (Å²) < 4.78 is 34.6. The van der Waals surface area contributed by atoms with Gasteiger partial charge >= 0.3 is 0 Å². The molecular formula is C34H35ClN4O7S. The maximum atomic E-state index is 14.4. The Morgan fingerprint density at radius 1 is 0.957 bits per heavy atom. The van der Waals surface area contributed by atoms with Crippen molar-refractivity contribution in [2.75, 3.05) is 24.5 Å². The normalized spacial score (nSPS) is 11.7. The molecule has 0 saturated heterocycles. The molecule has 4 aromatic rings. The van der Waals surface area contributed by atoms with Crippen molar-refractivity contribution in [2.24, 2.45) is 0 Å². The molecule has 0 unspecified atom stereocenters. The number of ether oxygens (including phenoxy) is 1. The summed E-state index contributed by atoms with van der Waals surface area (Å²) in [6.45, 7) is 2.83. The number of nitrogens with one attached hydrogen (secondary N) is 1. The molecule has 0 heterocycles. The number of carbonyl (C=O) groups is 2. The van der Waals surface area contributed by atoms with Gasteiger partial charge in [0, 0.05) is 36.2 Å². The summed E-state index contributed by atoms with van der Waals surface area (Å²) in [5.41, 5.74) is 1.48. The van der Waals surface area contributed by atoms with E-state index >= 15 is 0 Å². The number of nitro benzene ring substituents is 1. The third kappa shape index (κ3) is 8.66. The van der Waals surface area contributed by atoms with Gasteiger partial charge in [-0.3, -0.25) is 24.0 Å². The number of hydrogen-bond donors (Lipinski definition) is 1. The minimum Gasteiger partial charge on any atom is -0.497 e. The highest BCUT2D eigenvalue weighted by Gasteiger charge is 2.35. The topological polar surface area (TPSA) is 139 Å². The van der Waals surface area contributed by atoms with E-state index in [9.17, 15) is 28.1 Å². The maximum Gasteiger partial charge on any atom is 0.273 e. The molecule has 0 aliphatic rings. The van der Waals surface area contributed by atoms with Crippen molar-refractivity contribution in [3.05, 3.63) is 129 Å². The molecular weight excluding hydrogens is 644 g/mol. The van der Waals surface area contributed by atoms with Crippen LogP contribution >= 0.6 is 11.6 Å². The minimum atomic E-state index is -4.55. The summed E-state index contributed by atoms with van der Waals surface area (Å²) in [7, 11) is -3.09. The second-order valence-corrected chi connectivity index (χ2v) is 13.0. The first-order valence-electron chi connectivity index (χ1n) is 14.7. The zero-order valence-corrected chi connectivity index (χ0v) is 27.7. The van der Waals surface area contributed by atoms with Crippen LogP contribution in [0.4, 0.5) is 11.4 Å². The number of sulfonamides is 1. The first-order valence-corrected chi connectivity index (χ1v) is 16.5. The zero-order valence-electron chi connectivity index (χ0n) is 26.1. The number of hydrogen-bond acceptors (Lipinski definition) is 7. The number of nitro groups is 1. The van der Waals surface area contributed by atoms with Gasteiger partial charge in [0.1, 0.15) is 18.3 Å². The lowest BCUT2D eigenvalue weighted by Gasteiger charge is -2.33. The van der Waals surface area contributed by atoms with Crippen LogP contribution in [0.15, 0.2) is 102 Å². The first kappa shape index (κ1) is 34.9. The summed E-state index contributed by atoms with van der Waals surface area (Å²) in [6, 6.07) is 24.6. The highest BCUT2D eigenvalue weighted by atomic mass is 35.5. The van der Waals surface area contributed by atoms with E-state index in [1.165, 1.54) is 55.3 Å². The summed E-state index contributed by atoms with van der Waals surface area (Å²) >= 11 is 6.11. The van der Waals surface area contributed by atoms with Crippen LogP contribution in [0.25, 0.3) is 0 Å². The van der Waals surface area contributed by atoms with Crippen molar-refractivity contribution in [3.63, 3.8) is 0 Å².